The van der Waals surface area contributed by atoms with E-state index < -0.39 is 7.60 Å². The van der Waals surface area contributed by atoms with Crippen molar-refractivity contribution in [3.8, 4) is 0 Å². The molecule has 0 spiro atoms. The number of benzene rings is 1. The normalized spacial score (nSPS) is 19.6. The number of hydrogen-bond donors (Lipinski definition) is 0. The van der Waals surface area contributed by atoms with Gasteiger partial charge in [-0.1, -0.05) is 30.3 Å². The molecule has 24 heavy (non-hydrogen) atoms. The molecule has 1 atom stereocenters. The number of carbonyl (C=O) groups is 1. The molecule has 1 aromatic rings. The summed E-state index contributed by atoms with van der Waals surface area (Å²) in [6.07, 6.45) is 0.283. The summed E-state index contributed by atoms with van der Waals surface area (Å²) in [4.78, 5) is 14.1. The fraction of sp³-hybridized carbons (Fsp3) is 0.611. The van der Waals surface area contributed by atoms with Crippen LogP contribution in [0.25, 0.3) is 0 Å². The van der Waals surface area contributed by atoms with Gasteiger partial charge in [0.2, 0.25) is 0 Å². The first-order valence-corrected chi connectivity index (χ1v) is 10.3. The lowest BCUT2D eigenvalue weighted by atomic mass is 10.2. The minimum Gasteiger partial charge on any atom is -0.306 e. The zero-order valence-electron chi connectivity index (χ0n) is 15.0. The molecule has 134 valence electrons. The number of likely N-dealkylation sites (tertiary alicyclic amines) is 1. The predicted octanol–water partition coefficient (Wildman–Crippen LogP) is 3.87. The third-order valence-electron chi connectivity index (χ3n) is 3.76. The molecule has 0 bridgehead atoms. The summed E-state index contributed by atoms with van der Waals surface area (Å²) in [6, 6.07) is 9.90. The maximum absolute atomic E-state index is 13.1. The van der Waals surface area contributed by atoms with Crippen LogP contribution in [0.15, 0.2) is 30.3 Å². The van der Waals surface area contributed by atoms with Gasteiger partial charge in [0.1, 0.15) is 5.78 Å². The van der Waals surface area contributed by atoms with Crippen molar-refractivity contribution in [2.45, 2.75) is 58.9 Å². The first-order chi connectivity index (χ1) is 11.3. The summed E-state index contributed by atoms with van der Waals surface area (Å²) in [5, 5.41) is 0. The molecule has 0 radical (unpaired) electrons. The van der Waals surface area contributed by atoms with Gasteiger partial charge in [-0.05, 0) is 33.3 Å². The summed E-state index contributed by atoms with van der Waals surface area (Å²) >= 11 is 0. The number of ketones is 1. The van der Waals surface area contributed by atoms with Gasteiger partial charge < -0.3 is 9.05 Å². The Hall–Kier alpha value is -1.00. The highest BCUT2D eigenvalue weighted by molar-refractivity contribution is 7.53. The molecule has 1 aliphatic rings. The smallest absolute Gasteiger partial charge is 0.306 e. The summed E-state index contributed by atoms with van der Waals surface area (Å²) in [5.41, 5.74) is 1.14. The molecule has 0 amide bonds. The van der Waals surface area contributed by atoms with E-state index in [9.17, 15) is 9.36 Å². The van der Waals surface area contributed by atoms with Crippen LogP contribution in [0.2, 0.25) is 0 Å². The van der Waals surface area contributed by atoms with Crippen LogP contribution in [0.4, 0.5) is 0 Å². The van der Waals surface area contributed by atoms with E-state index in [1.165, 1.54) is 0 Å². The Balaban J connectivity index is 2.11. The van der Waals surface area contributed by atoms with E-state index in [1.807, 2.05) is 58.0 Å². The van der Waals surface area contributed by atoms with Crippen LogP contribution >= 0.6 is 7.60 Å². The van der Waals surface area contributed by atoms with Crippen molar-refractivity contribution in [3.63, 3.8) is 0 Å². The summed E-state index contributed by atoms with van der Waals surface area (Å²) in [6.45, 7) is 8.44. The van der Waals surface area contributed by atoms with Gasteiger partial charge in [-0.2, -0.15) is 0 Å². The molecule has 1 heterocycles. The summed E-state index contributed by atoms with van der Waals surface area (Å²) in [5.74, 6) is 0.177. The van der Waals surface area contributed by atoms with E-state index >= 15 is 0 Å². The molecular formula is C18H28NO4P. The van der Waals surface area contributed by atoms with Gasteiger partial charge in [-0.15, -0.1) is 0 Å². The number of carbonyl (C=O) groups excluding carboxylic acids is 1. The third-order valence-corrected chi connectivity index (χ3v) is 6.12. The highest BCUT2D eigenvalue weighted by Crippen LogP contribution is 2.52. The zero-order chi connectivity index (χ0) is 17.7. The fourth-order valence-electron chi connectivity index (χ4n) is 3.01. The van der Waals surface area contributed by atoms with Crippen molar-refractivity contribution >= 4 is 13.4 Å². The second-order valence-electron chi connectivity index (χ2n) is 6.89. The first kappa shape index (κ1) is 19.3. The SMILES string of the molecule is CC(C)OP(=O)(CC1CC(=O)CN1Cc1ccccc1)OC(C)C. The summed E-state index contributed by atoms with van der Waals surface area (Å²) in [7, 11) is -3.24. The van der Waals surface area contributed by atoms with Crippen LogP contribution in [0, 0.1) is 0 Å². The van der Waals surface area contributed by atoms with Crippen LogP contribution < -0.4 is 0 Å². The molecule has 5 nitrogen and oxygen atoms in total. The molecule has 1 fully saturated rings. The second kappa shape index (κ2) is 8.39. The first-order valence-electron chi connectivity index (χ1n) is 8.53. The van der Waals surface area contributed by atoms with E-state index in [1.54, 1.807) is 0 Å². The van der Waals surface area contributed by atoms with Gasteiger partial charge in [-0.25, -0.2) is 0 Å². The Morgan fingerprint density at radius 1 is 1.12 bits per heavy atom. The van der Waals surface area contributed by atoms with E-state index in [0.717, 1.165) is 5.56 Å². The van der Waals surface area contributed by atoms with Crippen molar-refractivity contribution in [1.29, 1.82) is 0 Å². The quantitative estimate of drug-likeness (QED) is 0.664. The van der Waals surface area contributed by atoms with Gasteiger partial charge >= 0.3 is 7.60 Å². The number of rotatable bonds is 8. The van der Waals surface area contributed by atoms with E-state index in [-0.39, 0.29) is 30.2 Å². The van der Waals surface area contributed by atoms with Crippen LogP contribution in [0.3, 0.4) is 0 Å². The highest BCUT2D eigenvalue weighted by atomic mass is 31.2. The molecule has 1 unspecified atom stereocenters. The average Bonchev–Trinajstić information content (AvgIpc) is 2.77. The number of nitrogens with zero attached hydrogens (tertiary/aromatic N) is 1. The minimum absolute atomic E-state index is 0.110. The number of Topliss-reactive ketones (excluding diaryl/α,β-unsaturated/α-hetero) is 1. The van der Waals surface area contributed by atoms with Gasteiger partial charge in [0.25, 0.3) is 0 Å². The van der Waals surface area contributed by atoms with Crippen molar-refractivity contribution in [1.82, 2.24) is 4.90 Å². The Bertz CT molecular complexity index is 574. The summed E-state index contributed by atoms with van der Waals surface area (Å²) < 4.78 is 24.4. The maximum Gasteiger partial charge on any atom is 0.332 e. The molecule has 6 heteroatoms. The highest BCUT2D eigenvalue weighted by Gasteiger charge is 2.38. The predicted molar refractivity (Wildman–Crippen MR) is 95.2 cm³/mol. The Labute approximate surface area is 144 Å². The van der Waals surface area contributed by atoms with E-state index in [4.69, 9.17) is 9.05 Å². The molecule has 1 saturated heterocycles. The minimum atomic E-state index is -3.24. The molecule has 0 N–H and O–H groups in total. The van der Waals surface area contributed by atoms with Crippen LogP contribution in [0.1, 0.15) is 39.7 Å². The van der Waals surface area contributed by atoms with E-state index in [0.29, 0.717) is 19.5 Å². The van der Waals surface area contributed by atoms with Gasteiger partial charge in [0.05, 0.1) is 24.9 Å². The number of hydrogen-bond acceptors (Lipinski definition) is 5. The molecule has 0 saturated carbocycles. The Morgan fingerprint density at radius 2 is 1.71 bits per heavy atom. The van der Waals surface area contributed by atoms with Gasteiger partial charge in [0, 0.05) is 19.0 Å². The second-order valence-corrected chi connectivity index (χ2v) is 8.90. The van der Waals surface area contributed by atoms with Crippen molar-refractivity contribution in [3.05, 3.63) is 35.9 Å². The van der Waals surface area contributed by atoms with E-state index in [2.05, 4.69) is 4.90 Å². The molecule has 1 aromatic carbocycles. The molecule has 1 aliphatic heterocycles. The monoisotopic (exact) mass is 353 g/mol. The standard InChI is InChI=1S/C18H28NO4P/c1-14(2)22-24(21,23-15(3)4)13-17-10-18(20)12-19(17)11-16-8-6-5-7-9-16/h5-9,14-15,17H,10-13H2,1-4H3. The average molecular weight is 353 g/mol. The maximum atomic E-state index is 13.1. The zero-order valence-corrected chi connectivity index (χ0v) is 15.9. The topological polar surface area (TPSA) is 55.8 Å². The van der Waals surface area contributed by atoms with Gasteiger partial charge in [-0.3, -0.25) is 14.3 Å². The Kier molecular flexibility index (Phi) is 6.76. The molecular weight excluding hydrogens is 325 g/mol. The van der Waals surface area contributed by atoms with Crippen LogP contribution in [0.5, 0.6) is 0 Å². The lowest BCUT2D eigenvalue weighted by molar-refractivity contribution is -0.116. The van der Waals surface area contributed by atoms with Gasteiger partial charge in [0.15, 0.2) is 0 Å². The van der Waals surface area contributed by atoms with Crippen LogP contribution in [-0.4, -0.2) is 41.6 Å². The molecule has 0 aromatic heterocycles. The fourth-order valence-corrected chi connectivity index (χ4v) is 5.39. The lowest BCUT2D eigenvalue weighted by Crippen LogP contribution is -2.33. The van der Waals surface area contributed by atoms with Crippen molar-refractivity contribution < 1.29 is 18.4 Å². The molecule has 0 aliphatic carbocycles. The van der Waals surface area contributed by atoms with Crippen molar-refractivity contribution in [2.75, 3.05) is 12.7 Å². The third kappa shape index (κ3) is 5.82. The lowest BCUT2D eigenvalue weighted by Gasteiger charge is -2.29. The van der Waals surface area contributed by atoms with Crippen LogP contribution in [-0.2, 0) is 25.0 Å². The largest absolute Gasteiger partial charge is 0.332 e. The van der Waals surface area contributed by atoms with Crippen molar-refractivity contribution in [2.24, 2.45) is 0 Å². The Morgan fingerprint density at radius 3 is 2.25 bits per heavy atom. The molecule has 2 rings (SSSR count).